The average Bonchev–Trinajstić information content (AvgIpc) is 2.83. The highest BCUT2D eigenvalue weighted by atomic mass is 35.5. The third-order valence-electron chi connectivity index (χ3n) is 5.51. The predicted molar refractivity (Wildman–Crippen MR) is 125 cm³/mol. The lowest BCUT2D eigenvalue weighted by Gasteiger charge is -2.33. The number of halogens is 1. The zero-order valence-corrected chi connectivity index (χ0v) is 20.1. The first-order chi connectivity index (χ1) is 15.8. The second kappa shape index (κ2) is 10.9. The Morgan fingerprint density at radius 3 is 2.21 bits per heavy atom. The van der Waals surface area contributed by atoms with Crippen LogP contribution < -0.4 is 9.04 Å². The molecule has 0 spiro atoms. The summed E-state index contributed by atoms with van der Waals surface area (Å²) >= 11 is 5.98. The van der Waals surface area contributed by atoms with Crippen LogP contribution in [0.2, 0.25) is 5.02 Å². The fraction of sp³-hybridized carbons (Fsp3) is 0.391. The van der Waals surface area contributed by atoms with Crippen LogP contribution in [0, 0.1) is 5.92 Å². The smallest absolute Gasteiger partial charge is 0.309 e. The minimum absolute atomic E-state index is 0.0343. The van der Waals surface area contributed by atoms with Gasteiger partial charge in [-0.15, -0.1) is 0 Å². The molecule has 10 heteroatoms. The van der Waals surface area contributed by atoms with E-state index >= 15 is 0 Å². The molecule has 1 aliphatic rings. The lowest BCUT2D eigenvalue weighted by Crippen LogP contribution is -2.46. The second-order valence-electron chi connectivity index (χ2n) is 7.57. The molecule has 8 nitrogen and oxygen atoms in total. The van der Waals surface area contributed by atoms with E-state index in [-0.39, 0.29) is 29.2 Å². The lowest BCUT2D eigenvalue weighted by molar-refractivity contribution is -0.151. The quantitative estimate of drug-likeness (QED) is 0.522. The molecule has 0 aliphatic carbocycles. The molecule has 2 aromatic rings. The van der Waals surface area contributed by atoms with Crippen molar-refractivity contribution in [3.63, 3.8) is 0 Å². The van der Waals surface area contributed by atoms with Crippen LogP contribution in [-0.2, 0) is 24.3 Å². The van der Waals surface area contributed by atoms with Crippen molar-refractivity contribution >= 4 is 39.2 Å². The average molecular weight is 495 g/mol. The zero-order valence-electron chi connectivity index (χ0n) is 18.6. The maximum absolute atomic E-state index is 13.5. The number of likely N-dealkylation sites (tertiary alicyclic amines) is 1. The van der Waals surface area contributed by atoms with Crippen LogP contribution in [0.5, 0.6) is 5.75 Å². The molecule has 0 saturated carbocycles. The summed E-state index contributed by atoms with van der Waals surface area (Å²) in [6, 6.07) is 12.2. The monoisotopic (exact) mass is 494 g/mol. The van der Waals surface area contributed by atoms with E-state index < -0.39 is 10.0 Å². The SMILES string of the molecule is CCOC(=O)C1CCN(C(=O)CN(c2ccc(Cl)cc2)S(=O)(=O)c2ccc(OC)cc2)CC1. The second-order valence-corrected chi connectivity index (χ2v) is 9.87. The molecule has 1 aliphatic heterocycles. The number of amides is 1. The van der Waals surface area contributed by atoms with Gasteiger partial charge < -0.3 is 14.4 Å². The molecule has 3 rings (SSSR count). The maximum atomic E-state index is 13.5. The van der Waals surface area contributed by atoms with Crippen LogP contribution in [0.15, 0.2) is 53.4 Å². The van der Waals surface area contributed by atoms with Crippen LogP contribution in [-0.4, -0.2) is 58.5 Å². The Morgan fingerprint density at radius 2 is 1.67 bits per heavy atom. The number of carbonyl (C=O) groups excluding carboxylic acids is 2. The summed E-state index contributed by atoms with van der Waals surface area (Å²) in [6.07, 6.45) is 0.966. The van der Waals surface area contributed by atoms with E-state index in [2.05, 4.69) is 0 Å². The standard InChI is InChI=1S/C23H27ClN2O6S/c1-3-32-23(28)17-12-14-25(15-13-17)22(27)16-26(19-6-4-18(24)5-7-19)33(29,30)21-10-8-20(31-2)9-11-21/h4-11,17H,3,12-16H2,1-2H3. The summed E-state index contributed by atoms with van der Waals surface area (Å²) in [5, 5.41) is 0.452. The molecule has 0 atom stereocenters. The van der Waals surface area contributed by atoms with Gasteiger partial charge in [0.25, 0.3) is 10.0 Å². The Hall–Kier alpha value is -2.78. The van der Waals surface area contributed by atoms with Crippen molar-refractivity contribution in [2.45, 2.75) is 24.7 Å². The molecule has 1 heterocycles. The molecule has 33 heavy (non-hydrogen) atoms. The number of sulfonamides is 1. The normalized spacial score (nSPS) is 14.6. The molecule has 0 radical (unpaired) electrons. The lowest BCUT2D eigenvalue weighted by atomic mass is 9.97. The number of anilines is 1. The van der Waals surface area contributed by atoms with Gasteiger partial charge in [0.05, 0.1) is 30.2 Å². The fourth-order valence-electron chi connectivity index (χ4n) is 3.64. The first-order valence-electron chi connectivity index (χ1n) is 10.6. The van der Waals surface area contributed by atoms with Gasteiger partial charge >= 0.3 is 5.97 Å². The summed E-state index contributed by atoms with van der Waals surface area (Å²) in [4.78, 5) is 26.7. The zero-order chi connectivity index (χ0) is 24.0. The number of piperidine rings is 1. The summed E-state index contributed by atoms with van der Waals surface area (Å²) in [5.74, 6) is -0.323. The van der Waals surface area contributed by atoms with Gasteiger partial charge in [0, 0.05) is 18.1 Å². The maximum Gasteiger partial charge on any atom is 0.309 e. The number of carbonyl (C=O) groups is 2. The van der Waals surface area contributed by atoms with E-state index in [9.17, 15) is 18.0 Å². The molecule has 0 bridgehead atoms. The summed E-state index contributed by atoms with van der Waals surface area (Å²) < 4.78 is 38.2. The fourth-order valence-corrected chi connectivity index (χ4v) is 5.19. The number of ether oxygens (including phenoxy) is 2. The van der Waals surface area contributed by atoms with Gasteiger partial charge in [-0.2, -0.15) is 0 Å². The van der Waals surface area contributed by atoms with E-state index in [0.29, 0.717) is 49.0 Å². The summed E-state index contributed by atoms with van der Waals surface area (Å²) in [7, 11) is -2.55. The van der Waals surface area contributed by atoms with Gasteiger partial charge in [-0.1, -0.05) is 11.6 Å². The van der Waals surface area contributed by atoms with Gasteiger partial charge in [-0.05, 0) is 68.3 Å². The van der Waals surface area contributed by atoms with Gasteiger partial charge in [-0.3, -0.25) is 13.9 Å². The molecule has 1 fully saturated rings. The van der Waals surface area contributed by atoms with Crippen LogP contribution in [0.25, 0.3) is 0 Å². The topological polar surface area (TPSA) is 93.2 Å². The Kier molecular flexibility index (Phi) is 8.20. The van der Waals surface area contributed by atoms with Crippen molar-refractivity contribution in [1.82, 2.24) is 4.90 Å². The van der Waals surface area contributed by atoms with Crippen molar-refractivity contribution in [3.8, 4) is 5.75 Å². The molecule has 0 aromatic heterocycles. The largest absolute Gasteiger partial charge is 0.497 e. The van der Waals surface area contributed by atoms with E-state index in [0.717, 1.165) is 4.31 Å². The molecule has 1 saturated heterocycles. The third kappa shape index (κ3) is 5.97. The van der Waals surface area contributed by atoms with Crippen molar-refractivity contribution in [1.29, 1.82) is 0 Å². The van der Waals surface area contributed by atoms with Crippen LogP contribution in [0.1, 0.15) is 19.8 Å². The van der Waals surface area contributed by atoms with E-state index in [1.807, 2.05) is 0 Å². The number of rotatable bonds is 8. The highest BCUT2D eigenvalue weighted by Crippen LogP contribution is 2.27. The van der Waals surface area contributed by atoms with Crippen LogP contribution in [0.4, 0.5) is 5.69 Å². The van der Waals surface area contributed by atoms with Crippen molar-refractivity contribution in [2.24, 2.45) is 5.92 Å². The van der Waals surface area contributed by atoms with Crippen LogP contribution in [0.3, 0.4) is 0 Å². The van der Waals surface area contributed by atoms with E-state index in [1.165, 1.54) is 19.2 Å². The summed E-state index contributed by atoms with van der Waals surface area (Å²) in [6.45, 7) is 2.42. The Bertz CT molecular complexity index is 1070. The number of methoxy groups -OCH3 is 1. The molecule has 2 aromatic carbocycles. The number of esters is 1. The molecule has 0 unspecified atom stereocenters. The molecular formula is C23H27ClN2O6S. The number of hydrogen-bond acceptors (Lipinski definition) is 6. The number of hydrogen-bond donors (Lipinski definition) is 0. The van der Waals surface area contributed by atoms with Crippen molar-refractivity contribution in [2.75, 3.05) is 37.7 Å². The van der Waals surface area contributed by atoms with E-state index in [4.69, 9.17) is 21.1 Å². The highest BCUT2D eigenvalue weighted by molar-refractivity contribution is 7.92. The minimum Gasteiger partial charge on any atom is -0.497 e. The number of nitrogens with zero attached hydrogens (tertiary/aromatic N) is 2. The van der Waals surface area contributed by atoms with Gasteiger partial charge in [0.2, 0.25) is 5.91 Å². The third-order valence-corrected chi connectivity index (χ3v) is 7.55. The Balaban J connectivity index is 1.81. The first-order valence-corrected chi connectivity index (χ1v) is 12.4. The predicted octanol–water partition coefficient (Wildman–Crippen LogP) is 3.35. The number of benzene rings is 2. The molecule has 0 N–H and O–H groups in total. The van der Waals surface area contributed by atoms with Gasteiger partial charge in [-0.25, -0.2) is 8.42 Å². The molecule has 178 valence electrons. The summed E-state index contributed by atoms with van der Waals surface area (Å²) in [5.41, 5.74) is 0.324. The van der Waals surface area contributed by atoms with E-state index in [1.54, 1.807) is 48.2 Å². The highest BCUT2D eigenvalue weighted by Gasteiger charge is 2.32. The van der Waals surface area contributed by atoms with Crippen LogP contribution >= 0.6 is 11.6 Å². The van der Waals surface area contributed by atoms with Gasteiger partial charge in [0.15, 0.2) is 0 Å². The Labute approximate surface area is 199 Å². The van der Waals surface area contributed by atoms with Gasteiger partial charge in [0.1, 0.15) is 12.3 Å². The molecular weight excluding hydrogens is 468 g/mol. The van der Waals surface area contributed by atoms with Crippen molar-refractivity contribution in [3.05, 3.63) is 53.6 Å². The molecule has 1 amide bonds. The Morgan fingerprint density at radius 1 is 1.06 bits per heavy atom. The first kappa shape index (κ1) is 24.9. The van der Waals surface area contributed by atoms with Crippen molar-refractivity contribution < 1.29 is 27.5 Å². The minimum atomic E-state index is -4.04.